The Hall–Kier alpha value is -1.52. The first-order chi connectivity index (χ1) is 8.65. The Balaban J connectivity index is 1.89. The summed E-state index contributed by atoms with van der Waals surface area (Å²) in [5.41, 5.74) is 1.07. The third-order valence-corrected chi connectivity index (χ3v) is 2.79. The molecule has 1 atom stereocenters. The maximum atomic E-state index is 9.81. The minimum Gasteiger partial charge on any atom is -0.489 e. The molecule has 0 spiro atoms. The number of nitrogens with zero attached hydrogens (tertiary/aromatic N) is 2. The largest absolute Gasteiger partial charge is 0.489 e. The van der Waals surface area contributed by atoms with Crippen molar-refractivity contribution in [1.29, 1.82) is 0 Å². The molecule has 1 heterocycles. The van der Waals surface area contributed by atoms with Crippen molar-refractivity contribution >= 4 is 11.6 Å². The van der Waals surface area contributed by atoms with Gasteiger partial charge in [-0.3, -0.25) is 4.68 Å². The predicted molar refractivity (Wildman–Crippen MR) is 69.9 cm³/mol. The van der Waals surface area contributed by atoms with Gasteiger partial charge < -0.3 is 9.84 Å². The fourth-order valence-electron chi connectivity index (χ4n) is 1.58. The first kappa shape index (κ1) is 12.9. The van der Waals surface area contributed by atoms with Crippen LogP contribution in [0, 0.1) is 6.92 Å². The first-order valence-electron chi connectivity index (χ1n) is 5.69. The van der Waals surface area contributed by atoms with E-state index in [-0.39, 0.29) is 6.61 Å². The zero-order chi connectivity index (χ0) is 13.0. The van der Waals surface area contributed by atoms with E-state index in [1.807, 2.05) is 25.1 Å². The van der Waals surface area contributed by atoms with Crippen LogP contribution in [-0.4, -0.2) is 27.6 Å². The van der Waals surface area contributed by atoms with Crippen molar-refractivity contribution in [2.24, 2.45) is 0 Å². The summed E-state index contributed by atoms with van der Waals surface area (Å²) < 4.78 is 7.16. The molecule has 1 N–H and O–H groups in total. The highest BCUT2D eigenvalue weighted by Gasteiger charge is 2.08. The van der Waals surface area contributed by atoms with Crippen molar-refractivity contribution in [3.05, 3.63) is 47.2 Å². The van der Waals surface area contributed by atoms with Gasteiger partial charge in [0.15, 0.2) is 0 Å². The maximum absolute atomic E-state index is 9.81. The Morgan fingerprint density at radius 2 is 2.33 bits per heavy atom. The van der Waals surface area contributed by atoms with Gasteiger partial charge in [0.25, 0.3) is 0 Å². The van der Waals surface area contributed by atoms with Gasteiger partial charge >= 0.3 is 0 Å². The van der Waals surface area contributed by atoms with Crippen LogP contribution in [0.2, 0.25) is 5.02 Å². The van der Waals surface area contributed by atoms with Crippen LogP contribution in [0.15, 0.2) is 36.7 Å². The normalized spacial score (nSPS) is 12.4. The van der Waals surface area contributed by atoms with Crippen molar-refractivity contribution in [2.75, 3.05) is 6.61 Å². The minimum absolute atomic E-state index is 0.184. The van der Waals surface area contributed by atoms with E-state index in [1.165, 1.54) is 0 Å². The zero-order valence-corrected chi connectivity index (χ0v) is 10.8. The molecule has 1 unspecified atom stereocenters. The second kappa shape index (κ2) is 5.89. The topological polar surface area (TPSA) is 47.3 Å². The van der Waals surface area contributed by atoms with E-state index < -0.39 is 6.10 Å². The van der Waals surface area contributed by atoms with Crippen LogP contribution in [-0.2, 0) is 6.54 Å². The monoisotopic (exact) mass is 266 g/mol. The van der Waals surface area contributed by atoms with Crippen molar-refractivity contribution in [3.63, 3.8) is 0 Å². The van der Waals surface area contributed by atoms with Gasteiger partial charge in [-0.25, -0.2) is 0 Å². The summed E-state index contributed by atoms with van der Waals surface area (Å²) in [6.45, 7) is 2.54. The predicted octanol–water partition coefficient (Wildman–Crippen LogP) is 2.28. The molecule has 5 heteroatoms. The van der Waals surface area contributed by atoms with Gasteiger partial charge in [-0.2, -0.15) is 5.10 Å². The van der Waals surface area contributed by atoms with E-state index in [9.17, 15) is 5.11 Å². The fraction of sp³-hybridized carbons (Fsp3) is 0.308. The van der Waals surface area contributed by atoms with Gasteiger partial charge in [0, 0.05) is 12.4 Å². The number of hydrogen-bond acceptors (Lipinski definition) is 3. The van der Waals surface area contributed by atoms with Gasteiger partial charge in [-0.1, -0.05) is 17.7 Å². The first-order valence-corrected chi connectivity index (χ1v) is 6.07. The molecule has 96 valence electrons. The van der Waals surface area contributed by atoms with Gasteiger partial charge in [-0.05, 0) is 30.7 Å². The van der Waals surface area contributed by atoms with Crippen molar-refractivity contribution in [3.8, 4) is 5.75 Å². The molecule has 0 bridgehead atoms. The lowest BCUT2D eigenvalue weighted by Gasteiger charge is -2.13. The Kier molecular flexibility index (Phi) is 4.23. The van der Waals surface area contributed by atoms with Crippen LogP contribution in [0.5, 0.6) is 5.75 Å². The third kappa shape index (κ3) is 3.48. The minimum atomic E-state index is -0.624. The van der Waals surface area contributed by atoms with Gasteiger partial charge in [-0.15, -0.1) is 0 Å². The lowest BCUT2D eigenvalue weighted by molar-refractivity contribution is 0.0893. The molecule has 4 nitrogen and oxygen atoms in total. The second-order valence-electron chi connectivity index (χ2n) is 4.13. The average Bonchev–Trinajstić information content (AvgIpc) is 2.83. The Morgan fingerprint density at radius 1 is 1.50 bits per heavy atom. The van der Waals surface area contributed by atoms with Crippen LogP contribution < -0.4 is 4.74 Å². The molecular weight excluding hydrogens is 252 g/mol. The SMILES string of the molecule is Cc1ccc(Cl)c(OCC(O)Cn2cccn2)c1. The van der Waals surface area contributed by atoms with Crippen LogP contribution in [0.3, 0.4) is 0 Å². The third-order valence-electron chi connectivity index (χ3n) is 2.47. The molecule has 0 amide bonds. The number of halogens is 1. The van der Waals surface area contributed by atoms with Gasteiger partial charge in [0.2, 0.25) is 0 Å². The van der Waals surface area contributed by atoms with Crippen molar-refractivity contribution < 1.29 is 9.84 Å². The molecule has 0 aliphatic heterocycles. The quantitative estimate of drug-likeness (QED) is 0.903. The summed E-state index contributed by atoms with van der Waals surface area (Å²) in [5.74, 6) is 0.594. The second-order valence-corrected chi connectivity index (χ2v) is 4.53. The van der Waals surface area contributed by atoms with E-state index in [2.05, 4.69) is 5.10 Å². The number of aryl methyl sites for hydroxylation is 1. The summed E-state index contributed by atoms with van der Waals surface area (Å²) in [7, 11) is 0. The number of benzene rings is 1. The molecular formula is C13H15ClN2O2. The lowest BCUT2D eigenvalue weighted by atomic mass is 10.2. The fourth-order valence-corrected chi connectivity index (χ4v) is 1.76. The highest BCUT2D eigenvalue weighted by atomic mass is 35.5. The van der Waals surface area contributed by atoms with Gasteiger partial charge in [0.05, 0.1) is 11.6 Å². The summed E-state index contributed by atoms with van der Waals surface area (Å²) in [5, 5.41) is 14.4. The molecule has 2 rings (SSSR count). The van der Waals surface area contributed by atoms with E-state index >= 15 is 0 Å². The Bertz CT molecular complexity index is 500. The molecule has 0 saturated carbocycles. The van der Waals surface area contributed by atoms with Gasteiger partial charge in [0.1, 0.15) is 18.5 Å². The molecule has 0 saturated heterocycles. The van der Waals surface area contributed by atoms with E-state index in [0.717, 1.165) is 5.56 Å². The standard InChI is InChI=1S/C13H15ClN2O2/c1-10-3-4-12(14)13(7-10)18-9-11(17)8-16-6-2-5-15-16/h2-7,11,17H,8-9H2,1H3. The summed E-state index contributed by atoms with van der Waals surface area (Å²) >= 11 is 6.00. The number of aliphatic hydroxyl groups excluding tert-OH is 1. The number of aromatic nitrogens is 2. The number of ether oxygens (including phenoxy) is 1. The van der Waals surface area contributed by atoms with E-state index in [1.54, 1.807) is 23.1 Å². The zero-order valence-electron chi connectivity index (χ0n) is 10.1. The lowest BCUT2D eigenvalue weighted by Crippen LogP contribution is -2.23. The molecule has 18 heavy (non-hydrogen) atoms. The van der Waals surface area contributed by atoms with Crippen molar-refractivity contribution in [2.45, 2.75) is 19.6 Å². The molecule has 1 aromatic carbocycles. The Morgan fingerprint density at radius 3 is 3.06 bits per heavy atom. The van der Waals surface area contributed by atoms with E-state index in [4.69, 9.17) is 16.3 Å². The summed E-state index contributed by atoms with van der Waals surface area (Å²) in [4.78, 5) is 0. The van der Waals surface area contributed by atoms with Crippen LogP contribution in [0.25, 0.3) is 0 Å². The van der Waals surface area contributed by atoms with Crippen LogP contribution >= 0.6 is 11.6 Å². The van der Waals surface area contributed by atoms with E-state index in [0.29, 0.717) is 17.3 Å². The molecule has 2 aromatic rings. The molecule has 1 aromatic heterocycles. The molecule has 0 aliphatic carbocycles. The number of hydrogen-bond donors (Lipinski definition) is 1. The average molecular weight is 267 g/mol. The molecule has 0 aliphatic rings. The Labute approximate surface area is 111 Å². The number of rotatable bonds is 5. The smallest absolute Gasteiger partial charge is 0.138 e. The maximum Gasteiger partial charge on any atom is 0.138 e. The van der Waals surface area contributed by atoms with Crippen molar-refractivity contribution in [1.82, 2.24) is 9.78 Å². The summed E-state index contributed by atoms with van der Waals surface area (Å²) in [6.07, 6.45) is 2.84. The highest BCUT2D eigenvalue weighted by Crippen LogP contribution is 2.25. The molecule has 0 fully saturated rings. The molecule has 0 radical (unpaired) electrons. The summed E-state index contributed by atoms with van der Waals surface area (Å²) in [6, 6.07) is 7.36. The van der Waals surface area contributed by atoms with Crippen LogP contribution in [0.4, 0.5) is 0 Å². The number of aliphatic hydroxyl groups is 1. The van der Waals surface area contributed by atoms with Crippen LogP contribution in [0.1, 0.15) is 5.56 Å². The highest BCUT2D eigenvalue weighted by molar-refractivity contribution is 6.32.